The summed E-state index contributed by atoms with van der Waals surface area (Å²) < 4.78 is 18.4. The van der Waals surface area contributed by atoms with Gasteiger partial charge in [0.15, 0.2) is 17.3 Å². The van der Waals surface area contributed by atoms with Gasteiger partial charge < -0.3 is 29.5 Å². The molecule has 1 saturated carbocycles. The van der Waals surface area contributed by atoms with Gasteiger partial charge in [0.2, 0.25) is 11.7 Å². The molecule has 2 amide bonds. The quantitative estimate of drug-likeness (QED) is 0.458. The molecule has 2 N–H and O–H groups in total. The Kier molecular flexibility index (Phi) is 8.61. The zero-order valence-electron chi connectivity index (χ0n) is 22.6. The summed E-state index contributed by atoms with van der Waals surface area (Å²) in [5.41, 5.74) is -0.938. The van der Waals surface area contributed by atoms with E-state index in [1.54, 1.807) is 61.0 Å². The average molecular weight is 527 g/mol. The average Bonchev–Trinajstić information content (AvgIpc) is 3.46. The maximum atomic E-state index is 13.6. The molecule has 1 fully saturated rings. The second kappa shape index (κ2) is 11.9. The van der Waals surface area contributed by atoms with E-state index in [-0.39, 0.29) is 24.9 Å². The molecule has 0 spiro atoms. The Morgan fingerprint density at radius 2 is 1.89 bits per heavy atom. The van der Waals surface area contributed by atoms with E-state index in [0.29, 0.717) is 41.2 Å². The van der Waals surface area contributed by atoms with Gasteiger partial charge in [-0.15, -0.1) is 0 Å². The molecule has 2 heterocycles. The van der Waals surface area contributed by atoms with Crippen LogP contribution in [0.15, 0.2) is 42.3 Å². The van der Waals surface area contributed by atoms with Crippen LogP contribution in [0.4, 0.5) is 5.82 Å². The number of benzene rings is 1. The van der Waals surface area contributed by atoms with Gasteiger partial charge in [-0.1, -0.05) is 38.2 Å². The summed E-state index contributed by atoms with van der Waals surface area (Å²) in [5.74, 6) is 1.99. The molecule has 2 aliphatic rings. The Morgan fingerprint density at radius 1 is 1.16 bits per heavy atom. The largest absolute Gasteiger partial charge is 0.493 e. The molecule has 10 nitrogen and oxygen atoms in total. The van der Waals surface area contributed by atoms with Crippen LogP contribution >= 0.6 is 0 Å². The molecule has 0 bridgehead atoms. The lowest BCUT2D eigenvalue weighted by Gasteiger charge is -2.31. The van der Waals surface area contributed by atoms with Crippen molar-refractivity contribution in [3.63, 3.8) is 0 Å². The van der Waals surface area contributed by atoms with Crippen molar-refractivity contribution in [3.05, 3.63) is 42.3 Å². The topological polar surface area (TPSA) is 115 Å². The predicted octanol–water partition coefficient (Wildman–Crippen LogP) is 3.75. The normalized spacial score (nSPS) is 17.2. The number of carbonyl (C=O) groups excluding carboxylic acids is 2. The number of amides is 2. The Balaban J connectivity index is 1.50. The molecular formula is C28H38N4O6. The maximum Gasteiger partial charge on any atom is 0.251 e. The third-order valence-electron chi connectivity index (χ3n) is 6.90. The van der Waals surface area contributed by atoms with Gasteiger partial charge in [-0.2, -0.15) is 5.10 Å². The van der Waals surface area contributed by atoms with Crippen LogP contribution < -0.4 is 19.5 Å². The van der Waals surface area contributed by atoms with Gasteiger partial charge in [-0.25, -0.2) is 0 Å². The van der Waals surface area contributed by atoms with E-state index in [1.165, 1.54) is 19.6 Å². The molecule has 0 saturated heterocycles. The van der Waals surface area contributed by atoms with Crippen molar-refractivity contribution in [2.45, 2.75) is 70.6 Å². The summed E-state index contributed by atoms with van der Waals surface area (Å²) in [6.45, 7) is 3.84. The molecule has 1 atom stereocenters. The lowest BCUT2D eigenvalue weighted by atomic mass is 9.84. The lowest BCUT2D eigenvalue weighted by molar-refractivity contribution is -0.134. The van der Waals surface area contributed by atoms with Crippen LogP contribution in [-0.2, 0) is 16.1 Å². The molecule has 1 unspecified atom stereocenters. The van der Waals surface area contributed by atoms with Crippen LogP contribution in [0.2, 0.25) is 0 Å². The summed E-state index contributed by atoms with van der Waals surface area (Å²) >= 11 is 0. The molecule has 206 valence electrons. The number of aliphatic hydroxyl groups is 1. The second-order valence-corrected chi connectivity index (χ2v) is 10.6. The number of rotatable bonds is 11. The number of aromatic nitrogens is 2. The van der Waals surface area contributed by atoms with E-state index in [9.17, 15) is 14.7 Å². The van der Waals surface area contributed by atoms with Crippen molar-refractivity contribution >= 4 is 17.6 Å². The lowest BCUT2D eigenvalue weighted by Crippen LogP contribution is -2.46. The number of carbonyl (C=O) groups is 2. The molecule has 1 aliphatic heterocycles. The number of hydrogen-bond donors (Lipinski definition) is 2. The summed E-state index contributed by atoms with van der Waals surface area (Å²) in [6.07, 6.45) is 9.28. The van der Waals surface area contributed by atoms with Crippen LogP contribution in [0.1, 0.15) is 52.4 Å². The SMILES string of the molecule is COc1cccc(OC2=CC(=O)N(C(CC3CCCCC3)C(=O)Nc3ccn(CC(C)(C)O)n3)C2)c1OC. The van der Waals surface area contributed by atoms with Gasteiger partial charge >= 0.3 is 0 Å². The summed E-state index contributed by atoms with van der Waals surface area (Å²) in [6, 6.07) is 6.30. The van der Waals surface area contributed by atoms with Crippen molar-refractivity contribution in [1.82, 2.24) is 14.7 Å². The zero-order valence-corrected chi connectivity index (χ0v) is 22.6. The smallest absolute Gasteiger partial charge is 0.251 e. The number of anilines is 1. The number of nitrogens with zero attached hydrogens (tertiary/aromatic N) is 3. The van der Waals surface area contributed by atoms with Crippen LogP contribution in [0.5, 0.6) is 17.2 Å². The Hall–Kier alpha value is -3.53. The number of hydrogen-bond acceptors (Lipinski definition) is 7. The third kappa shape index (κ3) is 6.86. The fourth-order valence-electron chi connectivity index (χ4n) is 5.15. The van der Waals surface area contributed by atoms with Crippen LogP contribution in [-0.4, -0.2) is 64.0 Å². The van der Waals surface area contributed by atoms with E-state index in [4.69, 9.17) is 14.2 Å². The van der Waals surface area contributed by atoms with E-state index < -0.39 is 11.6 Å². The van der Waals surface area contributed by atoms with Gasteiger partial charge in [0.05, 0.1) is 32.9 Å². The standard InChI is InChI=1S/C28H38N4O6/c1-28(2,35)18-31-14-13-24(30-31)29-27(34)21(15-19-9-6-5-7-10-19)32-17-20(16-25(32)33)38-23-12-8-11-22(36-3)26(23)37-4/h8,11-14,16,19,21,35H,5-7,9-10,15,17-18H2,1-4H3,(H,29,30,34). The number of nitrogens with one attached hydrogen (secondary N) is 1. The van der Waals surface area contributed by atoms with Crippen LogP contribution in [0, 0.1) is 5.92 Å². The Labute approximate surface area is 223 Å². The van der Waals surface area contributed by atoms with Crippen molar-refractivity contribution in [3.8, 4) is 17.2 Å². The van der Waals surface area contributed by atoms with E-state index >= 15 is 0 Å². The molecule has 2 aromatic rings. The Morgan fingerprint density at radius 3 is 2.58 bits per heavy atom. The van der Waals surface area contributed by atoms with E-state index in [1.807, 2.05) is 0 Å². The van der Waals surface area contributed by atoms with Gasteiger partial charge in [-0.05, 0) is 38.3 Å². The first-order chi connectivity index (χ1) is 18.2. The molecule has 1 aromatic carbocycles. The molecule has 38 heavy (non-hydrogen) atoms. The predicted molar refractivity (Wildman–Crippen MR) is 142 cm³/mol. The van der Waals surface area contributed by atoms with Gasteiger partial charge in [0, 0.05) is 18.3 Å². The van der Waals surface area contributed by atoms with E-state index in [2.05, 4.69) is 10.4 Å². The van der Waals surface area contributed by atoms with Crippen molar-refractivity contribution in [2.24, 2.45) is 5.92 Å². The number of methoxy groups -OCH3 is 2. The third-order valence-corrected chi connectivity index (χ3v) is 6.90. The second-order valence-electron chi connectivity index (χ2n) is 10.6. The molecule has 10 heteroatoms. The first kappa shape index (κ1) is 27.5. The van der Waals surface area contributed by atoms with Crippen LogP contribution in [0.3, 0.4) is 0 Å². The molecule has 1 aromatic heterocycles. The Bertz CT molecular complexity index is 1160. The summed E-state index contributed by atoms with van der Waals surface area (Å²) in [5, 5.41) is 17.3. The van der Waals surface area contributed by atoms with Crippen molar-refractivity contribution in [2.75, 3.05) is 26.1 Å². The zero-order chi connectivity index (χ0) is 27.3. The van der Waals surface area contributed by atoms with Gasteiger partial charge in [-0.3, -0.25) is 14.3 Å². The minimum absolute atomic E-state index is 0.164. The molecule has 1 aliphatic carbocycles. The first-order valence-electron chi connectivity index (χ1n) is 13.1. The first-order valence-corrected chi connectivity index (χ1v) is 13.1. The van der Waals surface area contributed by atoms with Gasteiger partial charge in [0.1, 0.15) is 11.8 Å². The monoisotopic (exact) mass is 526 g/mol. The highest BCUT2D eigenvalue weighted by molar-refractivity contribution is 5.99. The highest BCUT2D eigenvalue weighted by atomic mass is 16.5. The minimum Gasteiger partial charge on any atom is -0.493 e. The maximum absolute atomic E-state index is 13.6. The highest BCUT2D eigenvalue weighted by Crippen LogP contribution is 2.38. The fourth-order valence-corrected chi connectivity index (χ4v) is 5.15. The summed E-state index contributed by atoms with van der Waals surface area (Å²) in [4.78, 5) is 28.3. The summed E-state index contributed by atoms with van der Waals surface area (Å²) in [7, 11) is 3.07. The van der Waals surface area contributed by atoms with Gasteiger partial charge in [0.25, 0.3) is 5.91 Å². The molecule has 4 rings (SSSR count). The minimum atomic E-state index is -0.938. The van der Waals surface area contributed by atoms with E-state index in [0.717, 1.165) is 25.7 Å². The van der Waals surface area contributed by atoms with Crippen LogP contribution in [0.25, 0.3) is 0 Å². The fraction of sp³-hybridized carbons (Fsp3) is 0.536. The molecular weight excluding hydrogens is 488 g/mol. The number of ether oxygens (including phenoxy) is 3. The van der Waals surface area contributed by atoms with Crippen molar-refractivity contribution in [1.29, 1.82) is 0 Å². The molecule has 0 radical (unpaired) electrons. The number of para-hydroxylation sites is 1. The highest BCUT2D eigenvalue weighted by Gasteiger charge is 2.36. The van der Waals surface area contributed by atoms with Crippen molar-refractivity contribution < 1.29 is 28.9 Å².